The maximum atomic E-state index is 12.5. The summed E-state index contributed by atoms with van der Waals surface area (Å²) in [6.07, 6.45) is 8.69. The first kappa shape index (κ1) is 18.2. The minimum atomic E-state index is -0.283. The molecule has 4 heterocycles. The van der Waals surface area contributed by atoms with Crippen molar-refractivity contribution in [3.05, 3.63) is 77.8 Å². The van der Waals surface area contributed by atoms with Crippen LogP contribution in [0.3, 0.4) is 0 Å². The van der Waals surface area contributed by atoms with Gasteiger partial charge in [0.1, 0.15) is 5.69 Å². The number of hydrogen-bond donors (Lipinski definition) is 1. The maximum absolute atomic E-state index is 12.5. The van der Waals surface area contributed by atoms with E-state index in [4.69, 9.17) is 0 Å². The summed E-state index contributed by atoms with van der Waals surface area (Å²) in [6, 6.07) is 9.96. The molecular weight excluding hydrogens is 352 g/mol. The number of nitrogens with zero attached hydrogens (tertiary/aromatic N) is 5. The molecule has 0 radical (unpaired) electrons. The third-order valence-electron chi connectivity index (χ3n) is 4.87. The lowest BCUT2D eigenvalue weighted by Crippen LogP contribution is -2.24. The number of carbonyl (C=O) groups excluding carboxylic acids is 1. The van der Waals surface area contributed by atoms with Crippen molar-refractivity contribution < 1.29 is 4.79 Å². The molecule has 1 aliphatic rings. The van der Waals surface area contributed by atoms with Crippen LogP contribution < -0.4 is 5.32 Å². The van der Waals surface area contributed by atoms with E-state index in [1.165, 1.54) is 18.0 Å². The quantitative estimate of drug-likeness (QED) is 0.738. The van der Waals surface area contributed by atoms with E-state index in [9.17, 15) is 4.79 Å². The van der Waals surface area contributed by atoms with Gasteiger partial charge >= 0.3 is 0 Å². The van der Waals surface area contributed by atoms with Crippen molar-refractivity contribution in [3.63, 3.8) is 0 Å². The van der Waals surface area contributed by atoms with Crippen molar-refractivity contribution >= 4 is 11.7 Å². The zero-order valence-electron chi connectivity index (χ0n) is 15.7. The highest BCUT2D eigenvalue weighted by Crippen LogP contribution is 2.32. The van der Waals surface area contributed by atoms with Crippen LogP contribution in [-0.2, 0) is 6.54 Å². The Kier molecular flexibility index (Phi) is 5.34. The molecule has 0 bridgehead atoms. The van der Waals surface area contributed by atoms with Gasteiger partial charge in [-0.15, -0.1) is 0 Å². The largest absolute Gasteiger partial charge is 0.304 e. The van der Waals surface area contributed by atoms with Crippen LogP contribution in [0, 0.1) is 6.92 Å². The Labute approximate surface area is 163 Å². The van der Waals surface area contributed by atoms with Crippen LogP contribution in [0.15, 0.2) is 55.1 Å². The molecule has 1 fully saturated rings. The van der Waals surface area contributed by atoms with Crippen LogP contribution in [0.2, 0.25) is 0 Å². The van der Waals surface area contributed by atoms with Crippen LogP contribution in [0.5, 0.6) is 0 Å². The number of hydrogen-bond acceptors (Lipinski definition) is 6. The maximum Gasteiger partial charge on any atom is 0.275 e. The predicted octanol–water partition coefficient (Wildman–Crippen LogP) is 3.16. The zero-order valence-corrected chi connectivity index (χ0v) is 15.7. The second kappa shape index (κ2) is 8.22. The van der Waals surface area contributed by atoms with E-state index in [2.05, 4.69) is 36.2 Å². The number of rotatable bonds is 5. The minimum absolute atomic E-state index is 0.200. The molecule has 1 amide bonds. The number of pyridine rings is 2. The molecule has 7 nitrogen and oxygen atoms in total. The topological polar surface area (TPSA) is 83.9 Å². The molecule has 0 spiro atoms. The van der Waals surface area contributed by atoms with Crippen molar-refractivity contribution in [2.24, 2.45) is 0 Å². The van der Waals surface area contributed by atoms with E-state index in [0.717, 1.165) is 37.3 Å². The fraction of sp³-hybridized carbons (Fsp3) is 0.286. The normalized spacial score (nSPS) is 16.8. The Morgan fingerprint density at radius 3 is 2.89 bits per heavy atom. The molecule has 1 N–H and O–H groups in total. The Hall–Kier alpha value is -3.19. The highest BCUT2D eigenvalue weighted by Gasteiger charge is 2.27. The molecule has 1 atom stereocenters. The van der Waals surface area contributed by atoms with Crippen LogP contribution >= 0.6 is 0 Å². The fourth-order valence-electron chi connectivity index (χ4n) is 3.48. The Bertz CT molecular complexity index is 945. The van der Waals surface area contributed by atoms with Crippen LogP contribution in [-0.4, -0.2) is 37.3 Å². The van der Waals surface area contributed by atoms with Gasteiger partial charge in [0.05, 0.1) is 17.9 Å². The minimum Gasteiger partial charge on any atom is -0.304 e. The number of aryl methyl sites for hydroxylation is 1. The number of amides is 1. The van der Waals surface area contributed by atoms with Gasteiger partial charge < -0.3 is 5.32 Å². The molecule has 0 aliphatic carbocycles. The summed E-state index contributed by atoms with van der Waals surface area (Å²) in [5.74, 6) is 0.128. The monoisotopic (exact) mass is 374 g/mol. The van der Waals surface area contributed by atoms with E-state index in [1.807, 2.05) is 31.3 Å². The van der Waals surface area contributed by atoms with Gasteiger partial charge in [0.25, 0.3) is 5.91 Å². The molecule has 3 aromatic rings. The van der Waals surface area contributed by atoms with Gasteiger partial charge in [0.15, 0.2) is 5.82 Å². The third-order valence-corrected chi connectivity index (χ3v) is 4.87. The zero-order chi connectivity index (χ0) is 19.3. The van der Waals surface area contributed by atoms with E-state index in [0.29, 0.717) is 11.5 Å². The summed E-state index contributed by atoms with van der Waals surface area (Å²) in [4.78, 5) is 32.0. The fourth-order valence-corrected chi connectivity index (χ4v) is 3.48. The smallest absolute Gasteiger partial charge is 0.275 e. The summed E-state index contributed by atoms with van der Waals surface area (Å²) >= 11 is 0. The molecule has 28 heavy (non-hydrogen) atoms. The SMILES string of the molecule is Cc1ccc(CN2CCCC2c2cccc(C(=O)Nc3cnccn3)n2)cn1. The van der Waals surface area contributed by atoms with E-state index in [1.54, 1.807) is 12.3 Å². The summed E-state index contributed by atoms with van der Waals surface area (Å²) in [5.41, 5.74) is 3.51. The molecule has 0 saturated carbocycles. The van der Waals surface area contributed by atoms with Crippen molar-refractivity contribution in [2.75, 3.05) is 11.9 Å². The van der Waals surface area contributed by atoms with E-state index in [-0.39, 0.29) is 11.9 Å². The first-order chi connectivity index (χ1) is 13.7. The van der Waals surface area contributed by atoms with Gasteiger partial charge in [-0.1, -0.05) is 12.1 Å². The molecule has 0 aromatic carbocycles. The lowest BCUT2D eigenvalue weighted by Gasteiger charge is -2.24. The highest BCUT2D eigenvalue weighted by atomic mass is 16.1. The number of nitrogens with one attached hydrogen (secondary N) is 1. The molecule has 7 heteroatoms. The van der Waals surface area contributed by atoms with Gasteiger partial charge in [-0.25, -0.2) is 9.97 Å². The van der Waals surface area contributed by atoms with Crippen LogP contribution in [0.4, 0.5) is 5.82 Å². The van der Waals surface area contributed by atoms with Crippen molar-refractivity contribution in [1.82, 2.24) is 24.8 Å². The third kappa shape index (κ3) is 4.20. The second-order valence-corrected chi connectivity index (χ2v) is 6.93. The van der Waals surface area contributed by atoms with Gasteiger partial charge in [-0.2, -0.15) is 0 Å². The Morgan fingerprint density at radius 1 is 1.18 bits per heavy atom. The highest BCUT2D eigenvalue weighted by molar-refractivity contribution is 6.02. The molecule has 4 rings (SSSR count). The number of carbonyl (C=O) groups is 1. The summed E-state index contributed by atoms with van der Waals surface area (Å²) in [6.45, 7) is 3.83. The summed E-state index contributed by atoms with van der Waals surface area (Å²) < 4.78 is 0. The average Bonchev–Trinajstić information content (AvgIpc) is 3.19. The van der Waals surface area contributed by atoms with Crippen LogP contribution in [0.1, 0.15) is 46.3 Å². The van der Waals surface area contributed by atoms with E-state index < -0.39 is 0 Å². The second-order valence-electron chi connectivity index (χ2n) is 6.93. The summed E-state index contributed by atoms with van der Waals surface area (Å²) in [5, 5.41) is 2.74. The predicted molar refractivity (Wildman–Crippen MR) is 106 cm³/mol. The van der Waals surface area contributed by atoms with Gasteiger partial charge in [0, 0.05) is 30.8 Å². The molecule has 1 saturated heterocycles. The molecule has 1 aliphatic heterocycles. The van der Waals surface area contributed by atoms with Gasteiger partial charge in [0.2, 0.25) is 0 Å². The standard InChI is InChI=1S/C21H22N6O/c1-15-7-8-16(12-24-15)14-27-11-3-6-19(27)17-4-2-5-18(25-17)21(28)26-20-13-22-9-10-23-20/h2,4-5,7-10,12-13,19H,3,6,11,14H2,1H3,(H,23,26,28). The van der Waals surface area contributed by atoms with Crippen molar-refractivity contribution in [1.29, 1.82) is 0 Å². The molecular formula is C21H22N6O. The molecule has 1 unspecified atom stereocenters. The lowest BCUT2D eigenvalue weighted by atomic mass is 10.1. The lowest BCUT2D eigenvalue weighted by molar-refractivity contribution is 0.102. The van der Waals surface area contributed by atoms with Crippen molar-refractivity contribution in [3.8, 4) is 0 Å². The van der Waals surface area contributed by atoms with E-state index >= 15 is 0 Å². The molecule has 3 aromatic heterocycles. The number of likely N-dealkylation sites (tertiary alicyclic amines) is 1. The van der Waals surface area contributed by atoms with Crippen molar-refractivity contribution in [2.45, 2.75) is 32.4 Å². The van der Waals surface area contributed by atoms with Gasteiger partial charge in [-0.3, -0.25) is 19.7 Å². The number of anilines is 1. The number of aromatic nitrogens is 4. The molecule has 142 valence electrons. The Balaban J connectivity index is 1.49. The van der Waals surface area contributed by atoms with Crippen LogP contribution in [0.25, 0.3) is 0 Å². The van der Waals surface area contributed by atoms with Gasteiger partial charge in [-0.05, 0) is 50.1 Å². The summed E-state index contributed by atoms with van der Waals surface area (Å²) in [7, 11) is 0. The first-order valence-electron chi connectivity index (χ1n) is 9.39. The Morgan fingerprint density at radius 2 is 2.11 bits per heavy atom. The first-order valence-corrected chi connectivity index (χ1v) is 9.39. The average molecular weight is 374 g/mol.